The molecule has 2 aromatic heterocycles. The van der Waals surface area contributed by atoms with Crippen molar-refractivity contribution in [1.29, 1.82) is 0 Å². The standard InChI is InChI=1S/C11H8ClN5S/c12-6-3-1-5(2-4-6)8-7-9(13)16-17-10(7)15-11(18)14-8/h1-4H,(H4,13,14,15,16,17,18). The second-order valence-corrected chi connectivity index (χ2v) is 4.58. The van der Waals surface area contributed by atoms with Crippen molar-refractivity contribution in [3.63, 3.8) is 0 Å². The molecule has 0 amide bonds. The number of nitrogens with two attached hydrogens (primary N) is 1. The Morgan fingerprint density at radius 1 is 1.22 bits per heavy atom. The lowest BCUT2D eigenvalue weighted by Gasteiger charge is -2.03. The largest absolute Gasteiger partial charge is 0.383 e. The third kappa shape index (κ3) is 1.75. The molecule has 18 heavy (non-hydrogen) atoms. The minimum Gasteiger partial charge on any atom is -0.383 e. The summed E-state index contributed by atoms with van der Waals surface area (Å²) in [5.41, 5.74) is 8.03. The molecule has 2 heterocycles. The number of rotatable bonds is 1. The van der Waals surface area contributed by atoms with Gasteiger partial charge in [-0.25, -0.2) is 4.98 Å². The fourth-order valence-corrected chi connectivity index (χ4v) is 2.10. The second-order valence-electron chi connectivity index (χ2n) is 3.76. The number of fused-ring (bicyclic) bond motifs is 1. The van der Waals surface area contributed by atoms with Crippen molar-refractivity contribution >= 4 is 40.7 Å². The zero-order valence-corrected chi connectivity index (χ0v) is 10.6. The van der Waals surface area contributed by atoms with Gasteiger partial charge in [-0.05, 0) is 24.4 Å². The summed E-state index contributed by atoms with van der Waals surface area (Å²) in [6.07, 6.45) is 0. The monoisotopic (exact) mass is 277 g/mol. The van der Waals surface area contributed by atoms with E-state index in [4.69, 9.17) is 29.6 Å². The molecule has 3 aromatic rings. The van der Waals surface area contributed by atoms with Crippen LogP contribution in [-0.2, 0) is 0 Å². The predicted octanol–water partition coefficient (Wildman–Crippen LogP) is 2.92. The molecule has 0 fully saturated rings. The smallest absolute Gasteiger partial charge is 0.199 e. The maximum absolute atomic E-state index is 5.87. The van der Waals surface area contributed by atoms with Crippen molar-refractivity contribution in [2.24, 2.45) is 0 Å². The highest BCUT2D eigenvalue weighted by molar-refractivity contribution is 7.71. The summed E-state index contributed by atoms with van der Waals surface area (Å²) in [5, 5.41) is 8.14. The highest BCUT2D eigenvalue weighted by Gasteiger charge is 2.12. The van der Waals surface area contributed by atoms with E-state index >= 15 is 0 Å². The SMILES string of the molecule is Nc1[nH]nc2[nH]c(=S)nc(-c3ccc(Cl)cc3)c12. The number of nitrogens with zero attached hydrogens (tertiary/aromatic N) is 2. The van der Waals surface area contributed by atoms with Gasteiger partial charge in [-0.2, -0.15) is 5.10 Å². The van der Waals surface area contributed by atoms with Crippen LogP contribution in [0.2, 0.25) is 5.02 Å². The lowest BCUT2D eigenvalue weighted by molar-refractivity contribution is 1.09. The Kier molecular flexibility index (Phi) is 2.53. The summed E-state index contributed by atoms with van der Waals surface area (Å²) in [6, 6.07) is 7.32. The van der Waals surface area contributed by atoms with Gasteiger partial charge in [0, 0.05) is 10.6 Å². The summed E-state index contributed by atoms with van der Waals surface area (Å²) in [4.78, 5) is 7.20. The number of anilines is 1. The van der Waals surface area contributed by atoms with Gasteiger partial charge < -0.3 is 10.7 Å². The molecular formula is C11H8ClN5S. The van der Waals surface area contributed by atoms with Crippen molar-refractivity contribution in [3.05, 3.63) is 34.1 Å². The first-order valence-electron chi connectivity index (χ1n) is 5.15. The summed E-state index contributed by atoms with van der Waals surface area (Å²) in [6.45, 7) is 0. The third-order valence-electron chi connectivity index (χ3n) is 2.59. The maximum Gasteiger partial charge on any atom is 0.199 e. The van der Waals surface area contributed by atoms with Crippen LogP contribution in [-0.4, -0.2) is 20.2 Å². The lowest BCUT2D eigenvalue weighted by atomic mass is 10.1. The number of H-pyrrole nitrogens is 2. The van der Waals surface area contributed by atoms with E-state index in [1.54, 1.807) is 12.1 Å². The van der Waals surface area contributed by atoms with E-state index < -0.39 is 0 Å². The molecule has 1 aromatic carbocycles. The van der Waals surface area contributed by atoms with E-state index in [2.05, 4.69) is 20.2 Å². The Bertz CT molecular complexity index is 774. The number of hydrogen-bond donors (Lipinski definition) is 3. The molecular weight excluding hydrogens is 270 g/mol. The van der Waals surface area contributed by atoms with Crippen LogP contribution in [0.3, 0.4) is 0 Å². The topological polar surface area (TPSA) is 83.4 Å². The van der Waals surface area contributed by atoms with Crippen LogP contribution < -0.4 is 5.73 Å². The Morgan fingerprint density at radius 2 is 1.94 bits per heavy atom. The van der Waals surface area contributed by atoms with Crippen molar-refractivity contribution in [1.82, 2.24) is 20.2 Å². The lowest BCUT2D eigenvalue weighted by Crippen LogP contribution is -1.92. The van der Waals surface area contributed by atoms with Crippen LogP contribution >= 0.6 is 23.8 Å². The molecule has 5 nitrogen and oxygen atoms in total. The van der Waals surface area contributed by atoms with Crippen molar-refractivity contribution in [2.75, 3.05) is 5.73 Å². The van der Waals surface area contributed by atoms with Gasteiger partial charge in [-0.1, -0.05) is 23.7 Å². The molecule has 0 radical (unpaired) electrons. The molecule has 0 unspecified atom stereocenters. The van der Waals surface area contributed by atoms with Gasteiger partial charge in [0.2, 0.25) is 0 Å². The number of benzene rings is 1. The molecule has 0 aliphatic heterocycles. The summed E-state index contributed by atoms with van der Waals surface area (Å²) < 4.78 is 0.360. The van der Waals surface area contributed by atoms with Crippen LogP contribution in [0.1, 0.15) is 0 Å². The molecule has 0 atom stereocenters. The molecule has 7 heteroatoms. The van der Waals surface area contributed by atoms with E-state index in [1.807, 2.05) is 12.1 Å². The first-order chi connectivity index (χ1) is 8.65. The Labute approximate surface area is 112 Å². The molecule has 0 aliphatic rings. The average Bonchev–Trinajstić information content (AvgIpc) is 2.71. The van der Waals surface area contributed by atoms with E-state index in [0.29, 0.717) is 27.0 Å². The molecule has 4 N–H and O–H groups in total. The van der Waals surface area contributed by atoms with Crippen LogP contribution in [0.15, 0.2) is 24.3 Å². The number of hydrogen-bond acceptors (Lipinski definition) is 4. The molecule has 0 saturated heterocycles. The van der Waals surface area contributed by atoms with E-state index in [-0.39, 0.29) is 0 Å². The van der Waals surface area contributed by atoms with Crippen molar-refractivity contribution < 1.29 is 0 Å². The first-order valence-corrected chi connectivity index (χ1v) is 5.93. The number of nitrogens with one attached hydrogen (secondary N) is 2. The maximum atomic E-state index is 5.87. The minimum atomic E-state index is 0.360. The van der Waals surface area contributed by atoms with Gasteiger partial charge in [0.25, 0.3) is 0 Å². The zero-order valence-electron chi connectivity index (χ0n) is 9.07. The quantitative estimate of drug-likeness (QED) is 0.597. The normalized spacial score (nSPS) is 10.9. The van der Waals surface area contributed by atoms with Gasteiger partial charge in [0.05, 0.1) is 11.1 Å². The highest BCUT2D eigenvalue weighted by Crippen LogP contribution is 2.28. The van der Waals surface area contributed by atoms with Gasteiger partial charge in [0.1, 0.15) is 5.82 Å². The fourth-order valence-electron chi connectivity index (χ4n) is 1.79. The zero-order chi connectivity index (χ0) is 12.7. The number of aromatic nitrogens is 4. The van der Waals surface area contributed by atoms with Crippen LogP contribution in [0.4, 0.5) is 5.82 Å². The molecule has 0 saturated carbocycles. The van der Waals surface area contributed by atoms with Gasteiger partial charge in [-0.15, -0.1) is 0 Å². The average molecular weight is 278 g/mol. The number of nitrogen functional groups attached to an aromatic ring is 1. The summed E-state index contributed by atoms with van der Waals surface area (Å²) in [5.74, 6) is 0.453. The van der Waals surface area contributed by atoms with Crippen LogP contribution in [0.25, 0.3) is 22.3 Å². The molecule has 0 bridgehead atoms. The van der Waals surface area contributed by atoms with Crippen molar-refractivity contribution in [2.45, 2.75) is 0 Å². The predicted molar refractivity (Wildman–Crippen MR) is 73.9 cm³/mol. The van der Waals surface area contributed by atoms with Crippen LogP contribution in [0.5, 0.6) is 0 Å². The Balaban J connectivity index is 2.37. The van der Waals surface area contributed by atoms with Crippen molar-refractivity contribution in [3.8, 4) is 11.3 Å². The third-order valence-corrected chi connectivity index (χ3v) is 3.03. The molecule has 0 aliphatic carbocycles. The first kappa shape index (κ1) is 11.2. The summed E-state index contributed by atoms with van der Waals surface area (Å²) in [7, 11) is 0. The number of halogens is 1. The Morgan fingerprint density at radius 3 is 2.67 bits per heavy atom. The number of aromatic amines is 2. The van der Waals surface area contributed by atoms with Gasteiger partial charge in [0.15, 0.2) is 10.4 Å². The minimum absolute atomic E-state index is 0.360. The fraction of sp³-hybridized carbons (Fsp3) is 0. The molecule has 90 valence electrons. The van der Waals surface area contributed by atoms with Gasteiger partial charge in [-0.3, -0.25) is 5.10 Å². The van der Waals surface area contributed by atoms with E-state index in [0.717, 1.165) is 10.9 Å². The van der Waals surface area contributed by atoms with E-state index in [1.165, 1.54) is 0 Å². The van der Waals surface area contributed by atoms with Gasteiger partial charge >= 0.3 is 0 Å². The van der Waals surface area contributed by atoms with E-state index in [9.17, 15) is 0 Å². The summed E-state index contributed by atoms with van der Waals surface area (Å²) >= 11 is 10.9. The second kappa shape index (κ2) is 4.08. The highest BCUT2D eigenvalue weighted by atomic mass is 35.5. The Hall–Kier alpha value is -1.92. The van der Waals surface area contributed by atoms with Crippen LogP contribution in [0, 0.1) is 4.77 Å². The molecule has 0 spiro atoms. The molecule has 3 rings (SSSR count).